The lowest BCUT2D eigenvalue weighted by Crippen LogP contribution is -2.25. The second kappa shape index (κ2) is 9.82. The molecule has 1 N–H and O–H groups in total. The zero-order valence-electron chi connectivity index (χ0n) is 17.8. The SMILES string of the molecule is CCOC(=O)c1nn(-c2ccc(Cl)cc2)c(=O)c2c(NC(=O)c3cc([N+](=O)[O-])ccc3Cl)scc12. The minimum absolute atomic E-state index is 0.0120. The van der Waals surface area contributed by atoms with E-state index in [0.29, 0.717) is 10.7 Å². The minimum Gasteiger partial charge on any atom is -0.461 e. The van der Waals surface area contributed by atoms with Crippen molar-refractivity contribution in [1.29, 1.82) is 0 Å². The van der Waals surface area contributed by atoms with E-state index < -0.39 is 22.4 Å². The molecule has 0 radical (unpaired) electrons. The number of carbonyl (C=O) groups excluding carboxylic acids is 2. The molecule has 35 heavy (non-hydrogen) atoms. The first kappa shape index (κ1) is 24.3. The predicted molar refractivity (Wildman–Crippen MR) is 132 cm³/mol. The van der Waals surface area contributed by atoms with Crippen molar-refractivity contribution in [3.05, 3.63) is 89.6 Å². The van der Waals surface area contributed by atoms with Crippen LogP contribution in [-0.2, 0) is 4.74 Å². The highest BCUT2D eigenvalue weighted by atomic mass is 35.5. The molecule has 13 heteroatoms. The van der Waals surface area contributed by atoms with Gasteiger partial charge in [-0.2, -0.15) is 9.78 Å². The Kier molecular flexibility index (Phi) is 6.83. The summed E-state index contributed by atoms with van der Waals surface area (Å²) in [6, 6.07) is 9.64. The summed E-state index contributed by atoms with van der Waals surface area (Å²) in [5.74, 6) is -1.52. The molecule has 2 aromatic heterocycles. The number of nitrogens with one attached hydrogen (secondary N) is 1. The van der Waals surface area contributed by atoms with Gasteiger partial charge < -0.3 is 10.1 Å². The molecule has 4 rings (SSSR count). The molecule has 4 aromatic rings. The molecule has 0 unspecified atom stereocenters. The second-order valence-corrected chi connectivity index (χ2v) is 8.71. The highest BCUT2D eigenvalue weighted by molar-refractivity contribution is 7.16. The predicted octanol–water partition coefficient (Wildman–Crippen LogP) is 5.09. The van der Waals surface area contributed by atoms with Crippen molar-refractivity contribution in [2.45, 2.75) is 6.92 Å². The Hall–Kier alpha value is -3.80. The summed E-state index contributed by atoms with van der Waals surface area (Å²) in [5.41, 5.74) is -0.884. The van der Waals surface area contributed by atoms with Crippen LogP contribution in [0.3, 0.4) is 0 Å². The highest BCUT2D eigenvalue weighted by Gasteiger charge is 2.24. The molecule has 0 aliphatic rings. The number of esters is 1. The number of nitro groups is 1. The Labute approximate surface area is 210 Å². The van der Waals surface area contributed by atoms with E-state index in [1.54, 1.807) is 31.2 Å². The average Bonchev–Trinajstić information content (AvgIpc) is 3.24. The molecule has 10 nitrogen and oxygen atoms in total. The Morgan fingerprint density at radius 3 is 2.57 bits per heavy atom. The van der Waals surface area contributed by atoms with Gasteiger partial charge in [0.05, 0.1) is 33.2 Å². The first-order valence-corrected chi connectivity index (χ1v) is 11.6. The Morgan fingerprint density at radius 2 is 1.91 bits per heavy atom. The van der Waals surface area contributed by atoms with Crippen LogP contribution in [0.15, 0.2) is 52.6 Å². The van der Waals surface area contributed by atoms with Gasteiger partial charge in [0.1, 0.15) is 5.00 Å². The maximum absolute atomic E-state index is 13.4. The average molecular weight is 533 g/mol. The Morgan fingerprint density at radius 1 is 1.20 bits per heavy atom. The molecule has 0 saturated heterocycles. The number of benzene rings is 2. The van der Waals surface area contributed by atoms with Crippen molar-refractivity contribution in [2.75, 3.05) is 11.9 Å². The van der Waals surface area contributed by atoms with Crippen molar-refractivity contribution >= 4 is 67.9 Å². The summed E-state index contributed by atoms with van der Waals surface area (Å²) in [6.07, 6.45) is 0. The van der Waals surface area contributed by atoms with E-state index in [1.165, 1.54) is 17.5 Å². The van der Waals surface area contributed by atoms with E-state index in [4.69, 9.17) is 27.9 Å². The first-order valence-electron chi connectivity index (χ1n) is 9.94. The van der Waals surface area contributed by atoms with Crippen molar-refractivity contribution in [3.8, 4) is 5.69 Å². The van der Waals surface area contributed by atoms with Crippen LogP contribution in [0.5, 0.6) is 0 Å². The van der Waals surface area contributed by atoms with Crippen LogP contribution in [0, 0.1) is 10.1 Å². The number of non-ortho nitro benzene ring substituents is 1. The maximum Gasteiger partial charge on any atom is 0.359 e. The number of anilines is 1. The molecule has 2 heterocycles. The lowest BCUT2D eigenvalue weighted by atomic mass is 10.2. The fourth-order valence-corrected chi connectivity index (χ4v) is 4.48. The van der Waals surface area contributed by atoms with Crippen LogP contribution < -0.4 is 10.9 Å². The van der Waals surface area contributed by atoms with Gasteiger partial charge in [-0.15, -0.1) is 11.3 Å². The number of hydrogen-bond donors (Lipinski definition) is 1. The normalized spacial score (nSPS) is 10.8. The van der Waals surface area contributed by atoms with E-state index in [-0.39, 0.29) is 44.3 Å². The van der Waals surface area contributed by atoms with E-state index in [2.05, 4.69) is 10.4 Å². The minimum atomic E-state index is -0.769. The molecule has 0 aliphatic heterocycles. The number of hydrogen-bond acceptors (Lipinski definition) is 8. The van der Waals surface area contributed by atoms with Gasteiger partial charge in [-0.1, -0.05) is 23.2 Å². The topological polar surface area (TPSA) is 133 Å². The van der Waals surface area contributed by atoms with Crippen molar-refractivity contribution in [3.63, 3.8) is 0 Å². The molecule has 0 atom stereocenters. The number of ether oxygens (including phenoxy) is 1. The number of carbonyl (C=O) groups is 2. The number of thiophene rings is 1. The van der Waals surface area contributed by atoms with Crippen LogP contribution in [0.1, 0.15) is 27.8 Å². The van der Waals surface area contributed by atoms with Crippen LogP contribution in [-0.4, -0.2) is 33.2 Å². The lowest BCUT2D eigenvalue weighted by Gasteiger charge is -2.10. The number of nitro benzene ring substituents is 1. The molecular formula is C22H14Cl2N4O6S. The van der Waals surface area contributed by atoms with E-state index in [0.717, 1.165) is 22.1 Å². The van der Waals surface area contributed by atoms with Crippen LogP contribution in [0.2, 0.25) is 10.0 Å². The summed E-state index contributed by atoms with van der Waals surface area (Å²) in [6.45, 7) is 1.72. The molecule has 0 spiro atoms. The van der Waals surface area contributed by atoms with Gasteiger partial charge in [-0.05, 0) is 37.3 Å². The fourth-order valence-electron chi connectivity index (χ4n) is 3.22. The number of fused-ring (bicyclic) bond motifs is 1. The maximum atomic E-state index is 13.4. The molecule has 0 bridgehead atoms. The van der Waals surface area contributed by atoms with Crippen molar-refractivity contribution < 1.29 is 19.2 Å². The zero-order chi connectivity index (χ0) is 25.3. The Balaban J connectivity index is 1.87. The van der Waals surface area contributed by atoms with Gasteiger partial charge >= 0.3 is 5.97 Å². The zero-order valence-corrected chi connectivity index (χ0v) is 20.1. The van der Waals surface area contributed by atoms with Gasteiger partial charge in [0, 0.05) is 27.9 Å². The second-order valence-electron chi connectivity index (χ2n) is 6.99. The number of aromatic nitrogens is 2. The van der Waals surface area contributed by atoms with Crippen LogP contribution >= 0.6 is 34.5 Å². The third kappa shape index (κ3) is 4.74. The summed E-state index contributed by atoms with van der Waals surface area (Å²) in [5, 5.41) is 20.1. The molecule has 2 aromatic carbocycles. The van der Waals surface area contributed by atoms with Gasteiger partial charge in [0.15, 0.2) is 5.69 Å². The smallest absolute Gasteiger partial charge is 0.359 e. The summed E-state index contributed by atoms with van der Waals surface area (Å²) in [4.78, 5) is 49.4. The first-order chi connectivity index (χ1) is 16.7. The van der Waals surface area contributed by atoms with Crippen molar-refractivity contribution in [2.24, 2.45) is 0 Å². The van der Waals surface area contributed by atoms with Crippen LogP contribution in [0.4, 0.5) is 10.7 Å². The third-order valence-corrected chi connectivity index (χ3v) is 6.30. The van der Waals surface area contributed by atoms with E-state index in [1.807, 2.05) is 0 Å². The quantitative estimate of drug-likeness (QED) is 0.207. The molecule has 0 aliphatic carbocycles. The van der Waals surface area contributed by atoms with Crippen molar-refractivity contribution in [1.82, 2.24) is 9.78 Å². The molecule has 0 fully saturated rings. The number of amides is 1. The van der Waals surface area contributed by atoms with Crippen LogP contribution in [0.25, 0.3) is 16.5 Å². The monoisotopic (exact) mass is 532 g/mol. The number of rotatable bonds is 6. The van der Waals surface area contributed by atoms with Gasteiger partial charge in [0.2, 0.25) is 0 Å². The number of halogens is 2. The van der Waals surface area contributed by atoms with Gasteiger partial charge in [-0.25, -0.2) is 4.79 Å². The Bertz CT molecular complexity index is 1550. The summed E-state index contributed by atoms with van der Waals surface area (Å²) in [7, 11) is 0. The molecule has 1 amide bonds. The van der Waals surface area contributed by atoms with Gasteiger partial charge in [0.25, 0.3) is 17.2 Å². The lowest BCUT2D eigenvalue weighted by molar-refractivity contribution is -0.384. The summed E-state index contributed by atoms with van der Waals surface area (Å²) < 4.78 is 6.10. The highest BCUT2D eigenvalue weighted by Crippen LogP contribution is 2.32. The fraction of sp³-hybridized carbons (Fsp3) is 0.0909. The molecular weight excluding hydrogens is 519 g/mol. The number of nitrogens with zero attached hydrogens (tertiary/aromatic N) is 3. The molecule has 178 valence electrons. The largest absolute Gasteiger partial charge is 0.461 e. The van der Waals surface area contributed by atoms with E-state index >= 15 is 0 Å². The third-order valence-electron chi connectivity index (χ3n) is 4.82. The van der Waals surface area contributed by atoms with Gasteiger partial charge in [-0.3, -0.25) is 19.7 Å². The van der Waals surface area contributed by atoms with E-state index in [9.17, 15) is 24.5 Å². The summed E-state index contributed by atoms with van der Waals surface area (Å²) >= 11 is 13.0. The molecule has 0 saturated carbocycles. The standard InChI is InChI=1S/C22H14Cl2N4O6S/c1-2-34-22(31)18-15-10-35-20(25-19(29)14-9-13(28(32)33)7-8-16(14)24)17(15)21(30)27(26-18)12-5-3-11(23)4-6-12/h3-10H,2H2,1H3,(H,25,29).